The smallest absolute Gasteiger partial charge is 0.217 e. The molecule has 0 spiro atoms. The maximum Gasteiger partial charge on any atom is 0.217 e. The molecule has 96 valence electrons. The SMILES string of the molecule is C[Si](C)(CCCN)O[Si](C)(C)CCC(N)=O. The summed E-state index contributed by atoms with van der Waals surface area (Å²) in [6.07, 6.45) is 1.47. The lowest BCUT2D eigenvalue weighted by Crippen LogP contribution is -2.44. The molecule has 0 aliphatic carbocycles. The molecule has 4 N–H and O–H groups in total. The second-order valence-electron chi connectivity index (χ2n) is 5.48. The van der Waals surface area contributed by atoms with Crippen LogP contribution in [0.3, 0.4) is 0 Å². The predicted molar refractivity (Wildman–Crippen MR) is 73.1 cm³/mol. The molecule has 0 aliphatic rings. The van der Waals surface area contributed by atoms with Gasteiger partial charge in [0, 0.05) is 6.42 Å². The number of primary amides is 1. The van der Waals surface area contributed by atoms with E-state index in [1.807, 2.05) is 0 Å². The van der Waals surface area contributed by atoms with Crippen LogP contribution >= 0.6 is 0 Å². The van der Waals surface area contributed by atoms with Crippen LogP contribution in [0.15, 0.2) is 0 Å². The summed E-state index contributed by atoms with van der Waals surface area (Å²) >= 11 is 0. The quantitative estimate of drug-likeness (QED) is 0.653. The van der Waals surface area contributed by atoms with Gasteiger partial charge in [0.1, 0.15) is 0 Å². The molecule has 0 bridgehead atoms. The lowest BCUT2D eigenvalue weighted by Gasteiger charge is -2.33. The number of amides is 1. The van der Waals surface area contributed by atoms with Gasteiger partial charge in [-0.25, -0.2) is 0 Å². The molecule has 0 fully saturated rings. The zero-order valence-electron chi connectivity index (χ0n) is 11.0. The molecule has 0 rings (SSSR count). The fraction of sp³-hybridized carbons (Fsp3) is 0.900. The molecule has 0 aliphatic heterocycles. The Morgan fingerprint density at radius 3 is 2.06 bits per heavy atom. The highest BCUT2D eigenvalue weighted by molar-refractivity contribution is 6.84. The van der Waals surface area contributed by atoms with Crippen molar-refractivity contribution in [3.05, 3.63) is 0 Å². The molecule has 0 aromatic rings. The molecule has 0 saturated carbocycles. The number of carbonyl (C=O) groups is 1. The minimum Gasteiger partial charge on any atom is -0.455 e. The van der Waals surface area contributed by atoms with E-state index in [-0.39, 0.29) is 5.91 Å². The number of rotatable bonds is 8. The summed E-state index contributed by atoms with van der Waals surface area (Å²) in [6.45, 7) is 9.49. The Kier molecular flexibility index (Phi) is 6.46. The van der Waals surface area contributed by atoms with E-state index in [1.54, 1.807) is 0 Å². The van der Waals surface area contributed by atoms with Gasteiger partial charge in [0.15, 0.2) is 16.6 Å². The van der Waals surface area contributed by atoms with Crippen molar-refractivity contribution in [1.82, 2.24) is 0 Å². The molecule has 0 aromatic heterocycles. The first-order chi connectivity index (χ1) is 7.18. The standard InChI is InChI=1S/C10H26N2O2Si2/c1-15(2,8-5-7-11)14-16(3,4)9-6-10(12)13/h5-9,11H2,1-4H3,(H2,12,13). The van der Waals surface area contributed by atoms with Crippen molar-refractivity contribution in [2.45, 2.75) is 51.1 Å². The summed E-state index contributed by atoms with van der Waals surface area (Å²) in [7, 11) is -3.33. The Labute approximate surface area is 101 Å². The molecule has 0 heterocycles. The average molecular weight is 263 g/mol. The molecule has 0 saturated heterocycles. The van der Waals surface area contributed by atoms with E-state index in [4.69, 9.17) is 15.6 Å². The predicted octanol–water partition coefficient (Wildman–Crippen LogP) is 1.64. The summed E-state index contributed by atoms with van der Waals surface area (Å²) in [5, 5.41) is 0. The fourth-order valence-corrected chi connectivity index (χ4v) is 10.5. The van der Waals surface area contributed by atoms with Gasteiger partial charge in [-0.15, -0.1) is 0 Å². The molecule has 1 amide bonds. The van der Waals surface area contributed by atoms with Crippen LogP contribution in [0.4, 0.5) is 0 Å². The van der Waals surface area contributed by atoms with Crippen molar-refractivity contribution < 1.29 is 8.91 Å². The first-order valence-corrected chi connectivity index (χ1v) is 12.1. The van der Waals surface area contributed by atoms with Gasteiger partial charge in [0.2, 0.25) is 5.91 Å². The maximum atomic E-state index is 10.8. The first kappa shape index (κ1) is 15.8. The number of hydrogen-bond acceptors (Lipinski definition) is 3. The molecular weight excluding hydrogens is 236 g/mol. The molecule has 16 heavy (non-hydrogen) atoms. The van der Waals surface area contributed by atoms with Crippen molar-refractivity contribution in [2.24, 2.45) is 11.5 Å². The van der Waals surface area contributed by atoms with Gasteiger partial charge in [0.05, 0.1) is 0 Å². The Hall–Kier alpha value is -0.176. The van der Waals surface area contributed by atoms with Crippen LogP contribution in [-0.4, -0.2) is 29.1 Å². The molecular formula is C10H26N2O2Si2. The molecule has 0 aromatic carbocycles. The summed E-state index contributed by atoms with van der Waals surface area (Å²) < 4.78 is 6.29. The van der Waals surface area contributed by atoms with Crippen LogP contribution < -0.4 is 11.5 Å². The van der Waals surface area contributed by atoms with Crippen LogP contribution in [0.2, 0.25) is 38.3 Å². The van der Waals surface area contributed by atoms with Crippen LogP contribution in [0.5, 0.6) is 0 Å². The largest absolute Gasteiger partial charge is 0.455 e. The summed E-state index contributed by atoms with van der Waals surface area (Å²) in [5.41, 5.74) is 10.7. The van der Waals surface area contributed by atoms with Crippen molar-refractivity contribution in [1.29, 1.82) is 0 Å². The highest BCUT2D eigenvalue weighted by Crippen LogP contribution is 2.23. The van der Waals surface area contributed by atoms with Gasteiger partial charge in [0.25, 0.3) is 0 Å². The zero-order valence-corrected chi connectivity index (χ0v) is 13.0. The molecule has 6 heteroatoms. The van der Waals surface area contributed by atoms with Gasteiger partial charge in [-0.1, -0.05) is 0 Å². The Morgan fingerprint density at radius 1 is 1.12 bits per heavy atom. The second-order valence-corrected chi connectivity index (χ2v) is 14.3. The normalized spacial score (nSPS) is 12.8. The van der Waals surface area contributed by atoms with Crippen LogP contribution in [0.1, 0.15) is 12.8 Å². The summed E-state index contributed by atoms with van der Waals surface area (Å²) in [4.78, 5) is 10.8. The van der Waals surface area contributed by atoms with Gasteiger partial charge in [-0.2, -0.15) is 0 Å². The topological polar surface area (TPSA) is 78.3 Å². The van der Waals surface area contributed by atoms with E-state index in [0.717, 1.165) is 25.1 Å². The van der Waals surface area contributed by atoms with E-state index >= 15 is 0 Å². The fourth-order valence-electron chi connectivity index (χ4n) is 1.80. The van der Waals surface area contributed by atoms with Crippen molar-refractivity contribution in [3.63, 3.8) is 0 Å². The first-order valence-electron chi connectivity index (χ1n) is 5.87. The highest BCUT2D eigenvalue weighted by Gasteiger charge is 2.32. The Bertz CT molecular complexity index is 233. The number of carbonyl (C=O) groups excluding carboxylic acids is 1. The van der Waals surface area contributed by atoms with E-state index < -0.39 is 16.6 Å². The van der Waals surface area contributed by atoms with E-state index in [2.05, 4.69) is 26.2 Å². The minimum absolute atomic E-state index is 0.231. The molecule has 0 unspecified atom stereocenters. The summed E-state index contributed by atoms with van der Waals surface area (Å²) in [6, 6.07) is 1.91. The third kappa shape index (κ3) is 8.03. The number of hydrogen-bond donors (Lipinski definition) is 2. The lowest BCUT2D eigenvalue weighted by molar-refractivity contribution is -0.117. The minimum atomic E-state index is -1.73. The van der Waals surface area contributed by atoms with Crippen molar-refractivity contribution >= 4 is 22.5 Å². The van der Waals surface area contributed by atoms with E-state index in [1.165, 1.54) is 0 Å². The summed E-state index contributed by atoms with van der Waals surface area (Å²) in [5.74, 6) is -0.231. The second kappa shape index (κ2) is 6.53. The Balaban J connectivity index is 4.16. The molecule has 0 radical (unpaired) electrons. The molecule has 4 nitrogen and oxygen atoms in total. The zero-order chi connectivity index (χ0) is 12.8. The van der Waals surface area contributed by atoms with Gasteiger partial charge in [-0.05, 0) is 51.2 Å². The highest BCUT2D eigenvalue weighted by atomic mass is 28.4. The number of nitrogens with two attached hydrogens (primary N) is 2. The Morgan fingerprint density at radius 2 is 1.62 bits per heavy atom. The van der Waals surface area contributed by atoms with Gasteiger partial charge in [-0.3, -0.25) is 4.79 Å². The third-order valence-corrected chi connectivity index (χ3v) is 9.94. The van der Waals surface area contributed by atoms with Crippen molar-refractivity contribution in [2.75, 3.05) is 6.54 Å². The molecule has 0 atom stereocenters. The monoisotopic (exact) mass is 262 g/mol. The van der Waals surface area contributed by atoms with Gasteiger partial charge >= 0.3 is 0 Å². The van der Waals surface area contributed by atoms with Crippen LogP contribution in [0.25, 0.3) is 0 Å². The van der Waals surface area contributed by atoms with Crippen molar-refractivity contribution in [3.8, 4) is 0 Å². The van der Waals surface area contributed by atoms with Crippen LogP contribution in [0, 0.1) is 0 Å². The van der Waals surface area contributed by atoms with E-state index in [9.17, 15) is 4.79 Å². The van der Waals surface area contributed by atoms with E-state index in [0.29, 0.717) is 6.42 Å². The van der Waals surface area contributed by atoms with Gasteiger partial charge < -0.3 is 15.6 Å². The average Bonchev–Trinajstić information content (AvgIpc) is 2.10. The lowest BCUT2D eigenvalue weighted by atomic mass is 10.5. The third-order valence-electron chi connectivity index (χ3n) is 2.51. The maximum absolute atomic E-state index is 10.8. The van der Waals surface area contributed by atoms with Crippen LogP contribution in [-0.2, 0) is 8.91 Å².